The van der Waals surface area contributed by atoms with E-state index in [1.165, 1.54) is 23.8 Å². The number of benzene rings is 1. The van der Waals surface area contributed by atoms with Gasteiger partial charge in [-0.1, -0.05) is 24.1 Å². The van der Waals surface area contributed by atoms with Crippen molar-refractivity contribution >= 4 is 6.09 Å². The number of methoxy groups -OCH3 is 1. The number of ether oxygens (including phenoxy) is 1. The monoisotopic (exact) mass is 272 g/mol. The maximum absolute atomic E-state index is 11.0. The fraction of sp³-hybridized carbons (Fsp3) is 0.438. The third-order valence-electron chi connectivity index (χ3n) is 3.61. The predicted molar refractivity (Wildman–Crippen MR) is 78.5 cm³/mol. The van der Waals surface area contributed by atoms with Crippen molar-refractivity contribution in [2.45, 2.75) is 25.3 Å². The molecule has 1 amide bonds. The first kappa shape index (κ1) is 14.4. The van der Waals surface area contributed by atoms with Crippen LogP contribution < -0.4 is 10.6 Å². The Kier molecular flexibility index (Phi) is 5.03. The van der Waals surface area contributed by atoms with Crippen LogP contribution in [0.1, 0.15) is 29.2 Å². The molecule has 1 aliphatic carbocycles. The lowest BCUT2D eigenvalue weighted by atomic mass is 10.0. The van der Waals surface area contributed by atoms with E-state index >= 15 is 0 Å². The van der Waals surface area contributed by atoms with Gasteiger partial charge in [-0.25, -0.2) is 4.79 Å². The number of aryl methyl sites for hydroxylation is 1. The van der Waals surface area contributed by atoms with E-state index in [-0.39, 0.29) is 6.09 Å². The molecule has 1 aromatic carbocycles. The summed E-state index contributed by atoms with van der Waals surface area (Å²) in [6.45, 7) is 1.17. The summed E-state index contributed by atoms with van der Waals surface area (Å²) in [7, 11) is 1.37. The van der Waals surface area contributed by atoms with Gasteiger partial charge in [0.25, 0.3) is 0 Å². The Morgan fingerprint density at radius 1 is 1.55 bits per heavy atom. The quantitative estimate of drug-likeness (QED) is 0.804. The SMILES string of the molecule is C#CCNC1CCc2ccc(CCNC(=O)OC)cc21. The number of hydrogen-bond acceptors (Lipinski definition) is 3. The summed E-state index contributed by atoms with van der Waals surface area (Å²) in [6, 6.07) is 6.88. The molecule has 1 unspecified atom stereocenters. The van der Waals surface area contributed by atoms with Crippen molar-refractivity contribution in [3.05, 3.63) is 34.9 Å². The van der Waals surface area contributed by atoms with Gasteiger partial charge in [0.2, 0.25) is 0 Å². The van der Waals surface area contributed by atoms with Crippen LogP contribution in [0.2, 0.25) is 0 Å². The van der Waals surface area contributed by atoms with Gasteiger partial charge in [0.05, 0.1) is 13.7 Å². The van der Waals surface area contributed by atoms with E-state index in [4.69, 9.17) is 6.42 Å². The molecule has 4 heteroatoms. The largest absolute Gasteiger partial charge is 0.453 e. The molecular formula is C16H20N2O2. The molecule has 4 nitrogen and oxygen atoms in total. The molecule has 0 bridgehead atoms. The van der Waals surface area contributed by atoms with Crippen molar-refractivity contribution in [3.8, 4) is 12.3 Å². The number of terminal acetylenes is 1. The Balaban J connectivity index is 1.96. The van der Waals surface area contributed by atoms with Crippen molar-refractivity contribution in [3.63, 3.8) is 0 Å². The Morgan fingerprint density at radius 3 is 3.15 bits per heavy atom. The molecule has 0 aromatic heterocycles. The van der Waals surface area contributed by atoms with Gasteiger partial charge in [-0.15, -0.1) is 6.42 Å². The molecule has 1 aromatic rings. The van der Waals surface area contributed by atoms with Gasteiger partial charge in [-0.3, -0.25) is 5.32 Å². The Morgan fingerprint density at radius 2 is 2.40 bits per heavy atom. The van der Waals surface area contributed by atoms with E-state index in [2.05, 4.69) is 39.5 Å². The molecule has 0 spiro atoms. The van der Waals surface area contributed by atoms with E-state index in [0.717, 1.165) is 19.3 Å². The van der Waals surface area contributed by atoms with Crippen molar-refractivity contribution in [2.75, 3.05) is 20.2 Å². The normalized spacial score (nSPS) is 16.3. The van der Waals surface area contributed by atoms with Crippen molar-refractivity contribution in [1.29, 1.82) is 0 Å². The summed E-state index contributed by atoms with van der Waals surface area (Å²) in [6.07, 6.45) is 7.90. The van der Waals surface area contributed by atoms with E-state index in [0.29, 0.717) is 19.1 Å². The molecule has 0 radical (unpaired) electrons. The van der Waals surface area contributed by atoms with Crippen molar-refractivity contribution in [1.82, 2.24) is 10.6 Å². The van der Waals surface area contributed by atoms with Gasteiger partial charge in [-0.05, 0) is 36.0 Å². The lowest BCUT2D eigenvalue weighted by Crippen LogP contribution is -2.25. The van der Waals surface area contributed by atoms with E-state index < -0.39 is 0 Å². The second kappa shape index (κ2) is 6.97. The van der Waals surface area contributed by atoms with Crippen LogP contribution in [0.3, 0.4) is 0 Å². The summed E-state index contributed by atoms with van der Waals surface area (Å²) < 4.78 is 4.54. The standard InChI is InChI=1S/C16H20N2O2/c1-3-9-17-15-7-6-13-5-4-12(11-14(13)15)8-10-18-16(19)20-2/h1,4-5,11,15,17H,6-10H2,2H3,(H,18,19). The first-order chi connectivity index (χ1) is 9.74. The number of alkyl carbamates (subject to hydrolysis) is 1. The van der Waals surface area contributed by atoms with Crippen LogP contribution in [0.15, 0.2) is 18.2 Å². The maximum atomic E-state index is 11.0. The minimum Gasteiger partial charge on any atom is -0.453 e. The molecule has 1 aliphatic rings. The van der Waals surface area contributed by atoms with Crippen LogP contribution in [0.5, 0.6) is 0 Å². The summed E-state index contributed by atoms with van der Waals surface area (Å²) in [5.41, 5.74) is 3.95. The van der Waals surface area contributed by atoms with Crippen LogP contribution in [0, 0.1) is 12.3 Å². The maximum Gasteiger partial charge on any atom is 0.406 e. The molecule has 1 atom stereocenters. The highest BCUT2D eigenvalue weighted by atomic mass is 16.5. The third-order valence-corrected chi connectivity index (χ3v) is 3.61. The van der Waals surface area contributed by atoms with Crippen LogP contribution in [0.25, 0.3) is 0 Å². The molecule has 0 saturated heterocycles. The van der Waals surface area contributed by atoms with Gasteiger partial charge >= 0.3 is 6.09 Å². The smallest absolute Gasteiger partial charge is 0.406 e. The average Bonchev–Trinajstić information content (AvgIpc) is 2.87. The number of rotatable bonds is 5. The molecule has 0 heterocycles. The fourth-order valence-corrected chi connectivity index (χ4v) is 2.58. The zero-order valence-electron chi connectivity index (χ0n) is 11.7. The van der Waals surface area contributed by atoms with Crippen molar-refractivity contribution < 1.29 is 9.53 Å². The third kappa shape index (κ3) is 3.52. The topological polar surface area (TPSA) is 50.4 Å². The summed E-state index contributed by atoms with van der Waals surface area (Å²) in [5.74, 6) is 2.62. The highest BCUT2D eigenvalue weighted by molar-refractivity contribution is 5.66. The van der Waals surface area contributed by atoms with Gasteiger partial charge < -0.3 is 10.1 Å². The molecule has 20 heavy (non-hydrogen) atoms. The number of nitrogens with one attached hydrogen (secondary N) is 2. The Hall–Kier alpha value is -1.99. The van der Waals surface area contributed by atoms with Gasteiger partial charge in [0, 0.05) is 12.6 Å². The van der Waals surface area contributed by atoms with Gasteiger partial charge in [-0.2, -0.15) is 0 Å². The highest BCUT2D eigenvalue weighted by Crippen LogP contribution is 2.31. The minimum atomic E-state index is -0.389. The van der Waals surface area contributed by atoms with Crippen LogP contribution in [0.4, 0.5) is 4.79 Å². The van der Waals surface area contributed by atoms with Crippen LogP contribution >= 0.6 is 0 Å². The highest BCUT2D eigenvalue weighted by Gasteiger charge is 2.21. The van der Waals surface area contributed by atoms with E-state index in [1.54, 1.807) is 0 Å². The van der Waals surface area contributed by atoms with E-state index in [1.807, 2.05) is 0 Å². The first-order valence-electron chi connectivity index (χ1n) is 6.85. The Bertz CT molecular complexity index is 520. The van der Waals surface area contributed by atoms with Crippen LogP contribution in [-0.2, 0) is 17.6 Å². The average molecular weight is 272 g/mol. The second-order valence-electron chi connectivity index (χ2n) is 4.88. The summed E-state index contributed by atoms with van der Waals surface area (Å²) >= 11 is 0. The van der Waals surface area contributed by atoms with Crippen molar-refractivity contribution in [2.24, 2.45) is 0 Å². The molecule has 0 fully saturated rings. The molecular weight excluding hydrogens is 252 g/mol. The summed E-state index contributed by atoms with van der Waals surface area (Å²) in [4.78, 5) is 11.0. The van der Waals surface area contributed by atoms with Gasteiger partial charge in [0.1, 0.15) is 0 Å². The Labute approximate surface area is 119 Å². The number of amides is 1. The lowest BCUT2D eigenvalue weighted by Gasteiger charge is -2.13. The minimum absolute atomic E-state index is 0.356. The molecule has 106 valence electrons. The number of hydrogen-bond donors (Lipinski definition) is 2. The number of carbonyl (C=O) groups excluding carboxylic acids is 1. The summed E-state index contributed by atoms with van der Waals surface area (Å²) in [5, 5.41) is 6.06. The zero-order valence-corrected chi connectivity index (χ0v) is 11.7. The fourth-order valence-electron chi connectivity index (χ4n) is 2.58. The number of fused-ring (bicyclic) bond motifs is 1. The molecule has 2 rings (SSSR count). The lowest BCUT2D eigenvalue weighted by molar-refractivity contribution is 0.171. The predicted octanol–water partition coefficient (Wildman–Crippen LogP) is 1.80. The number of carbonyl (C=O) groups is 1. The first-order valence-corrected chi connectivity index (χ1v) is 6.85. The molecule has 2 N–H and O–H groups in total. The zero-order chi connectivity index (χ0) is 14.4. The molecule has 0 saturated carbocycles. The second-order valence-corrected chi connectivity index (χ2v) is 4.88. The molecule has 0 aliphatic heterocycles. The van der Waals surface area contributed by atoms with Crippen LogP contribution in [-0.4, -0.2) is 26.3 Å². The van der Waals surface area contributed by atoms with E-state index in [9.17, 15) is 4.79 Å². The van der Waals surface area contributed by atoms with Gasteiger partial charge in [0.15, 0.2) is 0 Å².